The Morgan fingerprint density at radius 3 is 2.61 bits per heavy atom. The number of carbonyl (C=O) groups excluding carboxylic acids is 2. The van der Waals surface area contributed by atoms with Gasteiger partial charge >= 0.3 is 6.03 Å². The molecule has 9 heteroatoms. The van der Waals surface area contributed by atoms with Crippen molar-refractivity contribution in [1.29, 1.82) is 0 Å². The Balaban J connectivity index is 1.31. The van der Waals surface area contributed by atoms with Gasteiger partial charge in [0.2, 0.25) is 11.9 Å². The molecule has 5 rings (SSSR count). The molecule has 3 heterocycles. The second-order valence-electron chi connectivity index (χ2n) is 7.49. The number of fused-ring (bicyclic) bond motifs is 3. The number of aromatic nitrogens is 2. The van der Waals surface area contributed by atoms with Gasteiger partial charge in [-0.15, -0.1) is 0 Å². The van der Waals surface area contributed by atoms with E-state index in [1.807, 2.05) is 30.3 Å². The van der Waals surface area contributed by atoms with Crippen molar-refractivity contribution in [1.82, 2.24) is 14.5 Å². The molecule has 0 N–H and O–H groups in total. The van der Waals surface area contributed by atoms with Crippen LogP contribution in [0.3, 0.4) is 0 Å². The maximum atomic E-state index is 13.0. The fraction of sp³-hybridized carbons (Fsp3) is 0.318. The standard InChI is InChI=1S/C22H23N5O4/c1-30-18-8-7-15(13-19(18)31-2)25-10-9-24(22(25)29)14-20(28)27-12-11-26-17-6-4-3-5-16(17)23-21(26)27/h3-8,13H,9-12,14H2,1-2H3. The van der Waals surface area contributed by atoms with E-state index >= 15 is 0 Å². The van der Waals surface area contributed by atoms with E-state index < -0.39 is 0 Å². The van der Waals surface area contributed by atoms with Gasteiger partial charge in [0.25, 0.3) is 0 Å². The summed E-state index contributed by atoms with van der Waals surface area (Å²) >= 11 is 0. The number of urea groups is 1. The van der Waals surface area contributed by atoms with Crippen molar-refractivity contribution < 1.29 is 19.1 Å². The molecular formula is C22H23N5O4. The number of hydrogen-bond acceptors (Lipinski definition) is 5. The van der Waals surface area contributed by atoms with E-state index in [0.717, 1.165) is 11.0 Å². The molecule has 1 saturated heterocycles. The maximum absolute atomic E-state index is 13.0. The largest absolute Gasteiger partial charge is 0.493 e. The predicted octanol–water partition coefficient (Wildman–Crippen LogP) is 2.34. The van der Waals surface area contributed by atoms with Crippen LogP contribution in [-0.2, 0) is 11.3 Å². The first kappa shape index (κ1) is 19.2. The summed E-state index contributed by atoms with van der Waals surface area (Å²) in [5.74, 6) is 1.67. The van der Waals surface area contributed by atoms with Gasteiger partial charge in [0.1, 0.15) is 6.54 Å². The van der Waals surface area contributed by atoms with Crippen LogP contribution in [0.1, 0.15) is 0 Å². The Morgan fingerprint density at radius 2 is 1.81 bits per heavy atom. The number of methoxy groups -OCH3 is 2. The first-order chi connectivity index (χ1) is 15.1. The summed E-state index contributed by atoms with van der Waals surface area (Å²) in [5.41, 5.74) is 2.59. The Bertz CT molecular complexity index is 1170. The summed E-state index contributed by atoms with van der Waals surface area (Å²) in [7, 11) is 3.13. The zero-order valence-electron chi connectivity index (χ0n) is 17.4. The van der Waals surface area contributed by atoms with Crippen molar-refractivity contribution in [3.8, 4) is 11.5 Å². The van der Waals surface area contributed by atoms with Crippen LogP contribution in [0, 0.1) is 0 Å². The number of imidazole rings is 1. The van der Waals surface area contributed by atoms with Crippen LogP contribution in [0.5, 0.6) is 11.5 Å². The summed E-state index contributed by atoms with van der Waals surface area (Å²) in [5, 5.41) is 0. The maximum Gasteiger partial charge on any atom is 0.325 e. The van der Waals surface area contributed by atoms with Crippen LogP contribution in [-0.4, -0.2) is 66.8 Å². The van der Waals surface area contributed by atoms with Gasteiger partial charge < -0.3 is 18.9 Å². The van der Waals surface area contributed by atoms with Gasteiger partial charge in [0, 0.05) is 37.9 Å². The highest BCUT2D eigenvalue weighted by molar-refractivity contribution is 6.01. The SMILES string of the molecule is COc1ccc(N2CCN(CC(=O)N3CCn4c3nc3ccccc34)C2=O)cc1OC. The fourth-order valence-corrected chi connectivity index (χ4v) is 4.24. The number of nitrogens with zero attached hydrogens (tertiary/aromatic N) is 5. The van der Waals surface area contributed by atoms with E-state index in [1.165, 1.54) is 0 Å². The minimum atomic E-state index is -0.201. The van der Waals surface area contributed by atoms with Crippen molar-refractivity contribution in [3.05, 3.63) is 42.5 Å². The van der Waals surface area contributed by atoms with Crippen molar-refractivity contribution in [3.63, 3.8) is 0 Å². The molecule has 2 aliphatic heterocycles. The average molecular weight is 421 g/mol. The van der Waals surface area contributed by atoms with E-state index in [4.69, 9.17) is 9.47 Å². The molecule has 0 spiro atoms. The topological polar surface area (TPSA) is 80.1 Å². The number of benzene rings is 2. The highest BCUT2D eigenvalue weighted by Gasteiger charge is 2.35. The normalized spacial score (nSPS) is 15.7. The summed E-state index contributed by atoms with van der Waals surface area (Å²) in [6.45, 7) is 2.26. The average Bonchev–Trinajstić information content (AvgIpc) is 3.47. The molecule has 0 unspecified atom stereocenters. The zero-order valence-corrected chi connectivity index (χ0v) is 17.4. The van der Waals surface area contributed by atoms with Gasteiger partial charge in [0.05, 0.1) is 25.3 Å². The number of para-hydroxylation sites is 2. The van der Waals surface area contributed by atoms with E-state index in [0.29, 0.717) is 49.3 Å². The molecule has 0 bridgehead atoms. The highest BCUT2D eigenvalue weighted by atomic mass is 16.5. The minimum absolute atomic E-state index is 0.0197. The number of ether oxygens (including phenoxy) is 2. The summed E-state index contributed by atoms with van der Waals surface area (Å²) in [6.07, 6.45) is 0. The molecule has 160 valence electrons. The molecule has 0 atom stereocenters. The van der Waals surface area contributed by atoms with Crippen LogP contribution >= 0.6 is 0 Å². The van der Waals surface area contributed by atoms with E-state index in [2.05, 4.69) is 9.55 Å². The Hall–Kier alpha value is -3.75. The molecule has 0 radical (unpaired) electrons. The van der Waals surface area contributed by atoms with E-state index in [-0.39, 0.29) is 18.5 Å². The number of hydrogen-bond donors (Lipinski definition) is 0. The third kappa shape index (κ3) is 3.13. The lowest BCUT2D eigenvalue weighted by molar-refractivity contribution is -0.119. The molecule has 9 nitrogen and oxygen atoms in total. The third-order valence-corrected chi connectivity index (χ3v) is 5.82. The molecule has 0 aliphatic carbocycles. The van der Waals surface area contributed by atoms with Gasteiger partial charge in [-0.05, 0) is 24.3 Å². The molecule has 31 heavy (non-hydrogen) atoms. The summed E-state index contributed by atoms with van der Waals surface area (Å²) < 4.78 is 12.7. The molecule has 1 fully saturated rings. The lowest BCUT2D eigenvalue weighted by Gasteiger charge is -2.21. The molecule has 3 amide bonds. The predicted molar refractivity (Wildman–Crippen MR) is 116 cm³/mol. The van der Waals surface area contributed by atoms with E-state index in [9.17, 15) is 9.59 Å². The van der Waals surface area contributed by atoms with Crippen molar-refractivity contribution in [2.24, 2.45) is 0 Å². The lowest BCUT2D eigenvalue weighted by atomic mass is 10.2. The molecule has 2 aromatic carbocycles. The van der Waals surface area contributed by atoms with Gasteiger partial charge in [-0.25, -0.2) is 9.78 Å². The Labute approximate surface area is 179 Å². The van der Waals surface area contributed by atoms with Crippen LogP contribution < -0.4 is 19.3 Å². The van der Waals surface area contributed by atoms with Gasteiger partial charge in [-0.1, -0.05) is 12.1 Å². The van der Waals surface area contributed by atoms with Gasteiger partial charge in [-0.3, -0.25) is 14.6 Å². The fourth-order valence-electron chi connectivity index (χ4n) is 4.24. The van der Waals surface area contributed by atoms with Crippen LogP contribution in [0.2, 0.25) is 0 Å². The quantitative estimate of drug-likeness (QED) is 0.632. The Kier molecular flexibility index (Phi) is 4.65. The zero-order chi connectivity index (χ0) is 21.5. The smallest absolute Gasteiger partial charge is 0.325 e. The first-order valence-corrected chi connectivity index (χ1v) is 10.1. The number of anilines is 2. The molecule has 1 aromatic heterocycles. The second-order valence-corrected chi connectivity index (χ2v) is 7.49. The van der Waals surface area contributed by atoms with Crippen molar-refractivity contribution in [2.45, 2.75) is 6.54 Å². The van der Waals surface area contributed by atoms with Crippen molar-refractivity contribution in [2.75, 3.05) is 50.2 Å². The number of carbonyl (C=O) groups is 2. The summed E-state index contributed by atoms with van der Waals surface area (Å²) in [6, 6.07) is 13.0. The first-order valence-electron chi connectivity index (χ1n) is 10.1. The lowest BCUT2D eigenvalue weighted by Crippen LogP contribution is -2.42. The monoisotopic (exact) mass is 421 g/mol. The number of amides is 3. The molecule has 3 aromatic rings. The third-order valence-electron chi connectivity index (χ3n) is 5.82. The van der Waals surface area contributed by atoms with Crippen LogP contribution in [0.25, 0.3) is 11.0 Å². The highest BCUT2D eigenvalue weighted by Crippen LogP contribution is 2.33. The van der Waals surface area contributed by atoms with Crippen molar-refractivity contribution >= 4 is 34.6 Å². The van der Waals surface area contributed by atoms with Crippen LogP contribution in [0.4, 0.5) is 16.4 Å². The summed E-state index contributed by atoms with van der Waals surface area (Å²) in [4.78, 5) is 35.5. The van der Waals surface area contributed by atoms with Gasteiger partial charge in [0.15, 0.2) is 11.5 Å². The van der Waals surface area contributed by atoms with E-state index in [1.54, 1.807) is 41.1 Å². The Morgan fingerprint density at radius 1 is 1.00 bits per heavy atom. The molecular weight excluding hydrogens is 398 g/mol. The second kappa shape index (κ2) is 7.50. The minimum Gasteiger partial charge on any atom is -0.493 e. The van der Waals surface area contributed by atoms with Crippen LogP contribution in [0.15, 0.2) is 42.5 Å². The molecule has 0 saturated carbocycles. The molecule has 2 aliphatic rings. The van der Waals surface area contributed by atoms with Gasteiger partial charge in [-0.2, -0.15) is 0 Å². The number of rotatable bonds is 5.